The molecule has 0 heterocycles. The number of aliphatic hydroxyl groups is 1. The van der Waals surface area contributed by atoms with Crippen molar-refractivity contribution in [1.82, 2.24) is 0 Å². The molecule has 3 nitrogen and oxygen atoms in total. The smallest absolute Gasteiger partial charge is 0.0870 e. The molecule has 0 radical (unpaired) electrons. The minimum Gasteiger partial charge on any atom is -0.411 e. The van der Waals surface area contributed by atoms with Crippen LogP contribution in [0.4, 0.5) is 0 Å². The zero-order valence-electron chi connectivity index (χ0n) is 14.6. The van der Waals surface area contributed by atoms with Gasteiger partial charge in [0.25, 0.3) is 0 Å². The lowest BCUT2D eigenvalue weighted by atomic mass is 9.88. The van der Waals surface area contributed by atoms with E-state index < -0.39 is 0 Å². The Morgan fingerprint density at radius 2 is 1.61 bits per heavy atom. The zero-order chi connectivity index (χ0) is 16.8. The molecule has 0 amide bonds. The van der Waals surface area contributed by atoms with Crippen LogP contribution < -0.4 is 0 Å². The molecule has 1 aromatic carbocycles. The van der Waals surface area contributed by atoms with Crippen LogP contribution in [-0.4, -0.2) is 22.6 Å². The van der Waals surface area contributed by atoms with E-state index in [9.17, 15) is 5.21 Å². The highest BCUT2D eigenvalue weighted by Gasteiger charge is 2.14. The molecule has 0 aliphatic carbocycles. The number of unbranched alkanes of at least 4 members (excludes halogenated alkanes) is 5. The summed E-state index contributed by atoms with van der Waals surface area (Å²) in [5.74, 6) is 0.596. The first-order chi connectivity index (χ1) is 11.3. The van der Waals surface area contributed by atoms with Gasteiger partial charge < -0.3 is 10.3 Å². The van der Waals surface area contributed by atoms with Crippen LogP contribution in [0.2, 0.25) is 0 Å². The van der Waals surface area contributed by atoms with Gasteiger partial charge in [0.15, 0.2) is 0 Å². The number of hydrogen-bond donors (Lipinski definition) is 2. The van der Waals surface area contributed by atoms with E-state index in [1.165, 1.54) is 44.9 Å². The maximum atomic E-state index is 9.39. The van der Waals surface area contributed by atoms with E-state index in [-0.39, 0.29) is 0 Å². The van der Waals surface area contributed by atoms with Gasteiger partial charge >= 0.3 is 0 Å². The van der Waals surface area contributed by atoms with Crippen LogP contribution in [0.1, 0.15) is 76.7 Å². The Morgan fingerprint density at radius 3 is 2.26 bits per heavy atom. The molecule has 2 N–H and O–H groups in total. The molecule has 3 heteroatoms. The fourth-order valence-electron chi connectivity index (χ4n) is 3.04. The second-order valence-electron chi connectivity index (χ2n) is 6.41. The highest BCUT2D eigenvalue weighted by atomic mass is 16.4. The lowest BCUT2D eigenvalue weighted by Gasteiger charge is -2.17. The third-order valence-corrected chi connectivity index (χ3v) is 4.45. The predicted octanol–water partition coefficient (Wildman–Crippen LogP) is 5.39. The average molecular weight is 319 g/mol. The van der Waals surface area contributed by atoms with Crippen molar-refractivity contribution < 1.29 is 10.3 Å². The number of benzene rings is 1. The fraction of sp³-hybridized carbons (Fsp3) is 0.650. The highest BCUT2D eigenvalue weighted by molar-refractivity contribution is 6.00. The van der Waals surface area contributed by atoms with Crippen LogP contribution in [0.5, 0.6) is 0 Å². The Hall–Kier alpha value is -1.35. The largest absolute Gasteiger partial charge is 0.411 e. The van der Waals surface area contributed by atoms with Crippen molar-refractivity contribution in [2.75, 3.05) is 6.61 Å². The Morgan fingerprint density at radius 1 is 0.957 bits per heavy atom. The molecule has 1 rings (SSSR count). The minimum absolute atomic E-state index is 0.312. The number of nitrogens with zero attached hydrogens (tertiary/aromatic N) is 1. The first-order valence-corrected chi connectivity index (χ1v) is 9.19. The molecule has 130 valence electrons. The molecular weight excluding hydrogens is 286 g/mol. The van der Waals surface area contributed by atoms with E-state index in [0.29, 0.717) is 12.5 Å². The molecule has 1 atom stereocenters. The second-order valence-corrected chi connectivity index (χ2v) is 6.41. The SMILES string of the molecule is CCCCC(CCCCCCCO)CC(=NO)c1ccccc1. The van der Waals surface area contributed by atoms with Gasteiger partial charge in [-0.2, -0.15) is 0 Å². The Bertz CT molecular complexity index is 417. The summed E-state index contributed by atoms with van der Waals surface area (Å²) in [5, 5.41) is 21.8. The molecule has 0 saturated heterocycles. The number of rotatable bonds is 13. The van der Waals surface area contributed by atoms with Crippen molar-refractivity contribution in [3.05, 3.63) is 35.9 Å². The lowest BCUT2D eigenvalue weighted by molar-refractivity contribution is 0.282. The normalized spacial score (nSPS) is 13.2. The van der Waals surface area contributed by atoms with E-state index in [1.807, 2.05) is 30.3 Å². The van der Waals surface area contributed by atoms with Gasteiger partial charge in [0.2, 0.25) is 0 Å². The third-order valence-electron chi connectivity index (χ3n) is 4.45. The van der Waals surface area contributed by atoms with Gasteiger partial charge in [0, 0.05) is 6.61 Å². The van der Waals surface area contributed by atoms with E-state index in [1.54, 1.807) is 0 Å². The number of aliphatic hydroxyl groups excluding tert-OH is 1. The summed E-state index contributed by atoms with van der Waals surface area (Å²) in [7, 11) is 0. The molecule has 1 unspecified atom stereocenters. The Balaban J connectivity index is 2.46. The molecule has 0 bridgehead atoms. The van der Waals surface area contributed by atoms with Crippen LogP contribution >= 0.6 is 0 Å². The second kappa shape index (κ2) is 13.1. The predicted molar refractivity (Wildman–Crippen MR) is 97.2 cm³/mol. The molecule has 0 aromatic heterocycles. The summed E-state index contributed by atoms with van der Waals surface area (Å²) in [6.45, 7) is 2.54. The molecule has 0 aliphatic rings. The third kappa shape index (κ3) is 8.75. The molecule has 23 heavy (non-hydrogen) atoms. The van der Waals surface area contributed by atoms with Crippen molar-refractivity contribution >= 4 is 5.71 Å². The molecular formula is C20H33NO2. The van der Waals surface area contributed by atoms with E-state index >= 15 is 0 Å². The van der Waals surface area contributed by atoms with Gasteiger partial charge in [-0.05, 0) is 24.3 Å². The van der Waals surface area contributed by atoms with Crippen molar-refractivity contribution in [3.8, 4) is 0 Å². The van der Waals surface area contributed by atoms with Crippen molar-refractivity contribution in [1.29, 1.82) is 0 Å². The Kier molecular flexibility index (Phi) is 11.2. The van der Waals surface area contributed by atoms with Gasteiger partial charge in [0.05, 0.1) is 5.71 Å². The molecule has 0 fully saturated rings. The summed E-state index contributed by atoms with van der Waals surface area (Å²) in [5.41, 5.74) is 1.84. The molecule has 0 aliphatic heterocycles. The van der Waals surface area contributed by atoms with Crippen molar-refractivity contribution in [2.45, 2.75) is 71.1 Å². The van der Waals surface area contributed by atoms with E-state index in [0.717, 1.165) is 30.5 Å². The first-order valence-electron chi connectivity index (χ1n) is 9.19. The maximum absolute atomic E-state index is 9.39. The summed E-state index contributed by atoms with van der Waals surface area (Å²) < 4.78 is 0. The minimum atomic E-state index is 0.312. The van der Waals surface area contributed by atoms with Crippen molar-refractivity contribution in [2.24, 2.45) is 11.1 Å². The van der Waals surface area contributed by atoms with Gasteiger partial charge in [-0.3, -0.25) is 0 Å². The molecule has 0 spiro atoms. The van der Waals surface area contributed by atoms with E-state index in [2.05, 4.69) is 12.1 Å². The van der Waals surface area contributed by atoms with Gasteiger partial charge in [-0.15, -0.1) is 0 Å². The standard InChI is InChI=1S/C20H33NO2/c1-2-3-12-18(13-8-5-4-6-11-16-22)17-20(21-23)19-14-9-7-10-15-19/h7,9-10,14-15,18,22-23H,2-6,8,11-13,16-17H2,1H3. The summed E-state index contributed by atoms with van der Waals surface area (Å²) in [4.78, 5) is 0. The van der Waals surface area contributed by atoms with Crippen LogP contribution in [0.15, 0.2) is 35.5 Å². The Labute approximate surface area is 141 Å². The van der Waals surface area contributed by atoms with Crippen LogP contribution in [0, 0.1) is 5.92 Å². The van der Waals surface area contributed by atoms with Crippen molar-refractivity contribution in [3.63, 3.8) is 0 Å². The number of hydrogen-bond acceptors (Lipinski definition) is 3. The van der Waals surface area contributed by atoms with Gasteiger partial charge in [-0.1, -0.05) is 93.8 Å². The first kappa shape index (κ1) is 19.7. The van der Waals surface area contributed by atoms with E-state index in [4.69, 9.17) is 5.11 Å². The summed E-state index contributed by atoms with van der Waals surface area (Å²) in [6, 6.07) is 9.99. The average Bonchev–Trinajstić information content (AvgIpc) is 2.60. The lowest BCUT2D eigenvalue weighted by Crippen LogP contribution is -2.10. The monoisotopic (exact) mass is 319 g/mol. The zero-order valence-corrected chi connectivity index (χ0v) is 14.6. The topological polar surface area (TPSA) is 52.8 Å². The quantitative estimate of drug-likeness (QED) is 0.221. The van der Waals surface area contributed by atoms with Crippen LogP contribution in [-0.2, 0) is 0 Å². The van der Waals surface area contributed by atoms with Crippen LogP contribution in [0.25, 0.3) is 0 Å². The fourth-order valence-corrected chi connectivity index (χ4v) is 3.04. The molecule has 0 saturated carbocycles. The summed E-state index contributed by atoms with van der Waals surface area (Å²) in [6.07, 6.45) is 11.4. The van der Waals surface area contributed by atoms with Crippen LogP contribution in [0.3, 0.4) is 0 Å². The maximum Gasteiger partial charge on any atom is 0.0870 e. The highest BCUT2D eigenvalue weighted by Crippen LogP contribution is 2.23. The number of oxime groups is 1. The molecule has 1 aromatic rings. The summed E-state index contributed by atoms with van der Waals surface area (Å²) >= 11 is 0. The van der Waals surface area contributed by atoms with Gasteiger partial charge in [0.1, 0.15) is 0 Å². The van der Waals surface area contributed by atoms with Gasteiger partial charge in [-0.25, -0.2) is 0 Å².